The maximum atomic E-state index is 12.1. The summed E-state index contributed by atoms with van der Waals surface area (Å²) < 4.78 is 0.890. The molecule has 0 aliphatic heterocycles. The number of nitrogens with two attached hydrogens (primary N) is 1. The molecular formula is C13H18ClIN2O. The van der Waals surface area contributed by atoms with Crippen molar-refractivity contribution in [3.63, 3.8) is 0 Å². The van der Waals surface area contributed by atoms with E-state index in [0.29, 0.717) is 17.1 Å². The topological polar surface area (TPSA) is 55.1 Å². The first-order chi connectivity index (χ1) is 8.58. The fourth-order valence-electron chi connectivity index (χ4n) is 1.63. The first kappa shape index (κ1) is 15.7. The number of nitrogens with one attached hydrogen (secondary N) is 1. The monoisotopic (exact) mass is 380 g/mol. The van der Waals surface area contributed by atoms with E-state index < -0.39 is 0 Å². The van der Waals surface area contributed by atoms with E-state index in [1.54, 1.807) is 12.1 Å². The second-order valence-electron chi connectivity index (χ2n) is 4.17. The SMILES string of the molecule is CCCCC(CN)NC(=O)c1cc(Cl)ccc1I. The molecule has 1 rings (SSSR count). The van der Waals surface area contributed by atoms with E-state index in [4.69, 9.17) is 17.3 Å². The van der Waals surface area contributed by atoms with Crippen molar-refractivity contribution in [2.75, 3.05) is 6.54 Å². The Morgan fingerprint density at radius 2 is 2.28 bits per heavy atom. The predicted octanol–water partition coefficient (Wildman–Crippen LogP) is 3.19. The summed E-state index contributed by atoms with van der Waals surface area (Å²) in [6, 6.07) is 5.33. The molecule has 0 aliphatic rings. The number of carbonyl (C=O) groups excluding carboxylic acids is 1. The van der Waals surface area contributed by atoms with Gasteiger partial charge in [0.25, 0.3) is 5.91 Å². The summed E-state index contributed by atoms with van der Waals surface area (Å²) in [5.41, 5.74) is 6.27. The van der Waals surface area contributed by atoms with Gasteiger partial charge in [-0.15, -0.1) is 0 Å². The first-order valence-corrected chi connectivity index (χ1v) is 7.50. The Bertz CT molecular complexity index is 412. The van der Waals surface area contributed by atoms with Gasteiger partial charge in [-0.3, -0.25) is 4.79 Å². The molecule has 1 unspecified atom stereocenters. The highest BCUT2D eigenvalue weighted by Gasteiger charge is 2.14. The molecule has 0 spiro atoms. The molecule has 0 heterocycles. The van der Waals surface area contributed by atoms with Gasteiger partial charge >= 0.3 is 0 Å². The summed E-state index contributed by atoms with van der Waals surface area (Å²) in [6.07, 6.45) is 3.08. The van der Waals surface area contributed by atoms with Crippen LogP contribution in [0.3, 0.4) is 0 Å². The van der Waals surface area contributed by atoms with Crippen molar-refractivity contribution in [1.82, 2.24) is 5.32 Å². The third-order valence-electron chi connectivity index (χ3n) is 2.70. The number of hydrogen-bond acceptors (Lipinski definition) is 2. The number of carbonyl (C=O) groups is 1. The highest BCUT2D eigenvalue weighted by molar-refractivity contribution is 14.1. The third-order valence-corrected chi connectivity index (χ3v) is 3.87. The van der Waals surface area contributed by atoms with Crippen molar-refractivity contribution in [2.24, 2.45) is 5.73 Å². The molecule has 0 fully saturated rings. The Balaban J connectivity index is 2.71. The largest absolute Gasteiger partial charge is 0.348 e. The summed E-state index contributed by atoms with van der Waals surface area (Å²) in [5, 5.41) is 3.53. The summed E-state index contributed by atoms with van der Waals surface area (Å²) in [6.45, 7) is 2.58. The molecule has 1 atom stereocenters. The molecule has 1 aromatic rings. The molecule has 0 aromatic heterocycles. The van der Waals surface area contributed by atoms with Crippen LogP contribution in [-0.2, 0) is 0 Å². The van der Waals surface area contributed by atoms with Gasteiger partial charge in [-0.2, -0.15) is 0 Å². The Hall–Kier alpha value is -0.330. The zero-order chi connectivity index (χ0) is 13.5. The average Bonchev–Trinajstić information content (AvgIpc) is 2.37. The molecule has 1 aromatic carbocycles. The van der Waals surface area contributed by atoms with Gasteiger partial charge in [0.05, 0.1) is 5.56 Å². The van der Waals surface area contributed by atoms with Gasteiger partial charge in [-0.1, -0.05) is 31.4 Å². The van der Waals surface area contributed by atoms with E-state index >= 15 is 0 Å². The second-order valence-corrected chi connectivity index (χ2v) is 5.77. The maximum Gasteiger partial charge on any atom is 0.252 e. The van der Waals surface area contributed by atoms with Crippen LogP contribution in [0.2, 0.25) is 5.02 Å². The lowest BCUT2D eigenvalue weighted by Crippen LogP contribution is -2.40. The molecule has 1 amide bonds. The number of hydrogen-bond donors (Lipinski definition) is 2. The molecule has 18 heavy (non-hydrogen) atoms. The molecular weight excluding hydrogens is 363 g/mol. The lowest BCUT2D eigenvalue weighted by molar-refractivity contribution is 0.0935. The summed E-state index contributed by atoms with van der Waals surface area (Å²) in [5.74, 6) is -0.103. The van der Waals surface area contributed by atoms with Gasteiger partial charge in [0.15, 0.2) is 0 Å². The van der Waals surface area contributed by atoms with Gasteiger partial charge in [0, 0.05) is 21.2 Å². The lowest BCUT2D eigenvalue weighted by atomic mass is 10.1. The smallest absolute Gasteiger partial charge is 0.252 e. The van der Waals surface area contributed by atoms with Crippen LogP contribution in [0.4, 0.5) is 0 Å². The van der Waals surface area contributed by atoms with Crippen LogP contribution < -0.4 is 11.1 Å². The van der Waals surface area contributed by atoms with Gasteiger partial charge < -0.3 is 11.1 Å². The van der Waals surface area contributed by atoms with E-state index in [1.807, 2.05) is 6.07 Å². The molecule has 0 saturated carbocycles. The molecule has 100 valence electrons. The number of amides is 1. The van der Waals surface area contributed by atoms with Gasteiger partial charge in [-0.05, 0) is 47.2 Å². The minimum Gasteiger partial charge on any atom is -0.348 e. The predicted molar refractivity (Wildman–Crippen MR) is 84.0 cm³/mol. The molecule has 0 aliphatic carbocycles. The highest BCUT2D eigenvalue weighted by Crippen LogP contribution is 2.18. The second kappa shape index (κ2) is 7.96. The van der Waals surface area contributed by atoms with Crippen LogP contribution >= 0.6 is 34.2 Å². The van der Waals surface area contributed by atoms with Crippen LogP contribution in [0, 0.1) is 3.57 Å². The van der Waals surface area contributed by atoms with Crippen molar-refractivity contribution < 1.29 is 4.79 Å². The van der Waals surface area contributed by atoms with Crippen LogP contribution in [0.1, 0.15) is 36.5 Å². The van der Waals surface area contributed by atoms with Crippen LogP contribution in [-0.4, -0.2) is 18.5 Å². The maximum absolute atomic E-state index is 12.1. The number of benzene rings is 1. The fraction of sp³-hybridized carbons (Fsp3) is 0.462. The van der Waals surface area contributed by atoms with E-state index in [-0.39, 0.29) is 11.9 Å². The molecule has 0 radical (unpaired) electrons. The Morgan fingerprint density at radius 1 is 1.56 bits per heavy atom. The Morgan fingerprint density at radius 3 is 2.89 bits per heavy atom. The Kier molecular flexibility index (Phi) is 6.96. The molecule has 3 nitrogen and oxygen atoms in total. The van der Waals surface area contributed by atoms with Gasteiger partial charge in [0.2, 0.25) is 0 Å². The first-order valence-electron chi connectivity index (χ1n) is 6.04. The molecule has 0 saturated heterocycles. The molecule has 3 N–H and O–H groups in total. The summed E-state index contributed by atoms with van der Waals surface area (Å²) in [4.78, 5) is 12.1. The average molecular weight is 381 g/mol. The van der Waals surface area contributed by atoms with E-state index in [1.165, 1.54) is 0 Å². The van der Waals surface area contributed by atoms with Crippen molar-refractivity contribution in [3.8, 4) is 0 Å². The normalized spacial score (nSPS) is 12.2. The minimum absolute atomic E-state index is 0.0345. The summed E-state index contributed by atoms with van der Waals surface area (Å²) in [7, 11) is 0. The van der Waals surface area contributed by atoms with E-state index in [0.717, 1.165) is 22.8 Å². The Labute approximate surface area is 127 Å². The van der Waals surface area contributed by atoms with E-state index in [2.05, 4.69) is 34.8 Å². The highest BCUT2D eigenvalue weighted by atomic mass is 127. The minimum atomic E-state index is -0.103. The van der Waals surface area contributed by atoms with Gasteiger partial charge in [0.1, 0.15) is 0 Å². The summed E-state index contributed by atoms with van der Waals surface area (Å²) >= 11 is 8.04. The zero-order valence-electron chi connectivity index (χ0n) is 10.4. The van der Waals surface area contributed by atoms with Crippen molar-refractivity contribution in [1.29, 1.82) is 0 Å². The van der Waals surface area contributed by atoms with Crippen LogP contribution in [0.25, 0.3) is 0 Å². The van der Waals surface area contributed by atoms with Crippen molar-refractivity contribution in [3.05, 3.63) is 32.4 Å². The van der Waals surface area contributed by atoms with E-state index in [9.17, 15) is 4.79 Å². The zero-order valence-corrected chi connectivity index (χ0v) is 13.3. The molecule has 5 heteroatoms. The van der Waals surface area contributed by atoms with Crippen LogP contribution in [0.15, 0.2) is 18.2 Å². The third kappa shape index (κ3) is 4.74. The van der Waals surface area contributed by atoms with Crippen molar-refractivity contribution in [2.45, 2.75) is 32.2 Å². The van der Waals surface area contributed by atoms with Crippen molar-refractivity contribution >= 4 is 40.1 Å². The quantitative estimate of drug-likeness (QED) is 0.745. The number of rotatable bonds is 6. The number of unbranched alkanes of at least 4 members (excludes halogenated alkanes) is 1. The fourth-order valence-corrected chi connectivity index (χ4v) is 2.39. The van der Waals surface area contributed by atoms with Gasteiger partial charge in [-0.25, -0.2) is 0 Å². The molecule has 0 bridgehead atoms. The van der Waals surface area contributed by atoms with Crippen LogP contribution in [0.5, 0.6) is 0 Å². The standard InChI is InChI=1S/C13H18ClIN2O/c1-2-3-4-10(8-16)17-13(18)11-7-9(14)5-6-12(11)15/h5-7,10H,2-4,8,16H2,1H3,(H,17,18). The number of halogens is 2. The lowest BCUT2D eigenvalue weighted by Gasteiger charge is -2.17.